The average Bonchev–Trinajstić information content (AvgIpc) is 2.66. The first kappa shape index (κ1) is 17.7. The molecule has 0 saturated heterocycles. The maximum atomic E-state index is 10.1. The minimum atomic E-state index is -0.567. The Morgan fingerprint density at radius 1 is 1.12 bits per heavy atom. The predicted molar refractivity (Wildman–Crippen MR) is 96.0 cm³/mol. The van der Waals surface area contributed by atoms with E-state index in [1.54, 1.807) is 0 Å². The molecule has 3 atom stereocenters. The lowest BCUT2D eigenvalue weighted by molar-refractivity contribution is -0.0215. The number of nitrogens with one attached hydrogen (secondary N) is 1. The molecule has 134 valence electrons. The van der Waals surface area contributed by atoms with Gasteiger partial charge in [-0.1, -0.05) is 42.5 Å². The van der Waals surface area contributed by atoms with Crippen LogP contribution in [0.4, 0.5) is 0 Å². The topological polar surface area (TPSA) is 60.0 Å². The van der Waals surface area contributed by atoms with E-state index >= 15 is 0 Å². The third-order valence-electron chi connectivity index (χ3n) is 4.14. The van der Waals surface area contributed by atoms with Gasteiger partial charge in [0.2, 0.25) is 0 Å². The summed E-state index contributed by atoms with van der Waals surface area (Å²) in [4.78, 5) is 0. The molecule has 0 fully saturated rings. The van der Waals surface area contributed by atoms with Gasteiger partial charge < -0.3 is 24.6 Å². The van der Waals surface area contributed by atoms with Crippen LogP contribution in [0.5, 0.6) is 11.5 Å². The standard InChI is InChI=1S/C20H25NO4/c1-15(16-7-3-2-4-8-16)21-11-17(22)12-23-13-18-14-24-19-9-5-6-10-20(19)25-18/h2-10,15,17-18,21-22H,11-14H2,1H3/t15-,17+,18+/m0/s1. The summed E-state index contributed by atoms with van der Waals surface area (Å²) in [6.45, 7) is 3.65. The van der Waals surface area contributed by atoms with Crippen LogP contribution in [0.3, 0.4) is 0 Å². The van der Waals surface area contributed by atoms with Crippen molar-refractivity contribution in [1.29, 1.82) is 0 Å². The summed E-state index contributed by atoms with van der Waals surface area (Å²) < 4.78 is 17.1. The number of hydrogen-bond donors (Lipinski definition) is 2. The van der Waals surface area contributed by atoms with E-state index in [0.29, 0.717) is 19.8 Å². The summed E-state index contributed by atoms with van der Waals surface area (Å²) in [6.07, 6.45) is -0.721. The number of para-hydroxylation sites is 2. The minimum Gasteiger partial charge on any atom is -0.486 e. The van der Waals surface area contributed by atoms with Crippen molar-refractivity contribution in [3.8, 4) is 11.5 Å². The first-order valence-corrected chi connectivity index (χ1v) is 8.65. The van der Waals surface area contributed by atoms with Crippen LogP contribution >= 0.6 is 0 Å². The molecule has 0 radical (unpaired) electrons. The third-order valence-corrected chi connectivity index (χ3v) is 4.14. The highest BCUT2D eigenvalue weighted by Crippen LogP contribution is 2.30. The van der Waals surface area contributed by atoms with Crippen LogP contribution in [-0.4, -0.2) is 43.7 Å². The number of benzene rings is 2. The number of fused-ring (bicyclic) bond motifs is 1. The lowest BCUT2D eigenvalue weighted by Gasteiger charge is -2.26. The van der Waals surface area contributed by atoms with Crippen molar-refractivity contribution >= 4 is 0 Å². The van der Waals surface area contributed by atoms with Gasteiger partial charge in [-0.15, -0.1) is 0 Å². The molecule has 5 nitrogen and oxygen atoms in total. The van der Waals surface area contributed by atoms with Gasteiger partial charge in [-0.05, 0) is 24.6 Å². The number of aliphatic hydroxyl groups is 1. The molecule has 3 rings (SSSR count). The molecular formula is C20H25NO4. The van der Waals surface area contributed by atoms with Crippen LogP contribution in [0.1, 0.15) is 18.5 Å². The van der Waals surface area contributed by atoms with Gasteiger partial charge in [-0.3, -0.25) is 0 Å². The van der Waals surface area contributed by atoms with Gasteiger partial charge in [0.05, 0.1) is 19.3 Å². The zero-order chi connectivity index (χ0) is 17.5. The fourth-order valence-electron chi connectivity index (χ4n) is 2.71. The van der Waals surface area contributed by atoms with Gasteiger partial charge in [0, 0.05) is 12.6 Å². The molecule has 2 aromatic rings. The zero-order valence-electron chi connectivity index (χ0n) is 14.4. The Morgan fingerprint density at radius 3 is 2.64 bits per heavy atom. The second kappa shape index (κ2) is 8.85. The summed E-state index contributed by atoms with van der Waals surface area (Å²) in [7, 11) is 0. The maximum absolute atomic E-state index is 10.1. The second-order valence-electron chi connectivity index (χ2n) is 6.23. The molecule has 1 heterocycles. The predicted octanol–water partition coefficient (Wildman–Crippen LogP) is 2.55. The molecule has 0 aromatic heterocycles. The van der Waals surface area contributed by atoms with Crippen LogP contribution in [0, 0.1) is 0 Å². The highest BCUT2D eigenvalue weighted by molar-refractivity contribution is 5.40. The van der Waals surface area contributed by atoms with Crippen molar-refractivity contribution in [3.05, 3.63) is 60.2 Å². The highest BCUT2D eigenvalue weighted by Gasteiger charge is 2.21. The number of rotatable bonds is 8. The molecule has 0 unspecified atom stereocenters. The first-order valence-electron chi connectivity index (χ1n) is 8.65. The SMILES string of the molecule is C[C@H](NC[C@@H](O)COC[C@@H]1COc2ccccc2O1)c1ccccc1. The fourth-order valence-corrected chi connectivity index (χ4v) is 2.71. The number of aliphatic hydroxyl groups excluding tert-OH is 1. The summed E-state index contributed by atoms with van der Waals surface area (Å²) in [6, 6.07) is 17.9. The van der Waals surface area contributed by atoms with Gasteiger partial charge in [-0.2, -0.15) is 0 Å². The minimum absolute atomic E-state index is 0.154. The van der Waals surface area contributed by atoms with E-state index < -0.39 is 6.10 Å². The van der Waals surface area contributed by atoms with E-state index in [1.807, 2.05) is 42.5 Å². The first-order chi connectivity index (χ1) is 12.2. The summed E-state index contributed by atoms with van der Waals surface area (Å²) in [5, 5.41) is 13.4. The van der Waals surface area contributed by atoms with Crippen molar-refractivity contribution in [2.45, 2.75) is 25.2 Å². The molecule has 0 aliphatic carbocycles. The van der Waals surface area contributed by atoms with Crippen molar-refractivity contribution in [2.24, 2.45) is 0 Å². The molecule has 1 aliphatic heterocycles. The van der Waals surface area contributed by atoms with E-state index in [1.165, 1.54) is 5.56 Å². The summed E-state index contributed by atoms with van der Waals surface area (Å²) >= 11 is 0. The quantitative estimate of drug-likeness (QED) is 0.771. The van der Waals surface area contributed by atoms with Crippen LogP contribution in [0.2, 0.25) is 0 Å². The van der Waals surface area contributed by atoms with Crippen molar-refractivity contribution < 1.29 is 19.3 Å². The summed E-state index contributed by atoms with van der Waals surface area (Å²) in [5.74, 6) is 1.50. The molecule has 2 N–H and O–H groups in total. The molecular weight excluding hydrogens is 318 g/mol. The molecule has 0 spiro atoms. The molecule has 2 aromatic carbocycles. The van der Waals surface area contributed by atoms with Gasteiger partial charge in [0.1, 0.15) is 6.61 Å². The Kier molecular flexibility index (Phi) is 6.28. The normalized spacial score (nSPS) is 18.6. The van der Waals surface area contributed by atoms with Crippen LogP contribution in [0.15, 0.2) is 54.6 Å². The Hall–Kier alpha value is -2.08. The smallest absolute Gasteiger partial charge is 0.161 e. The molecule has 25 heavy (non-hydrogen) atoms. The maximum Gasteiger partial charge on any atom is 0.161 e. The molecule has 1 aliphatic rings. The Labute approximate surface area is 148 Å². The highest BCUT2D eigenvalue weighted by atomic mass is 16.6. The molecule has 0 bridgehead atoms. The Bertz CT molecular complexity index is 649. The van der Waals surface area contributed by atoms with E-state index in [2.05, 4.69) is 24.4 Å². The largest absolute Gasteiger partial charge is 0.486 e. The van der Waals surface area contributed by atoms with Gasteiger partial charge in [-0.25, -0.2) is 0 Å². The third kappa shape index (κ3) is 5.19. The van der Waals surface area contributed by atoms with E-state index in [-0.39, 0.29) is 18.8 Å². The summed E-state index contributed by atoms with van der Waals surface area (Å²) in [5.41, 5.74) is 1.20. The Balaban J connectivity index is 1.34. The van der Waals surface area contributed by atoms with Crippen molar-refractivity contribution in [3.63, 3.8) is 0 Å². The van der Waals surface area contributed by atoms with Crippen LogP contribution in [-0.2, 0) is 4.74 Å². The lowest BCUT2D eigenvalue weighted by Crippen LogP contribution is -2.36. The Morgan fingerprint density at radius 2 is 1.84 bits per heavy atom. The van der Waals surface area contributed by atoms with Gasteiger partial charge >= 0.3 is 0 Å². The number of hydrogen-bond acceptors (Lipinski definition) is 5. The van der Waals surface area contributed by atoms with Crippen molar-refractivity contribution in [2.75, 3.05) is 26.4 Å². The van der Waals surface area contributed by atoms with Crippen molar-refractivity contribution in [1.82, 2.24) is 5.32 Å². The lowest BCUT2D eigenvalue weighted by atomic mass is 10.1. The van der Waals surface area contributed by atoms with E-state index in [9.17, 15) is 5.11 Å². The monoisotopic (exact) mass is 343 g/mol. The second-order valence-corrected chi connectivity index (χ2v) is 6.23. The average molecular weight is 343 g/mol. The fraction of sp³-hybridized carbons (Fsp3) is 0.400. The molecule has 5 heteroatoms. The van der Waals surface area contributed by atoms with Crippen LogP contribution < -0.4 is 14.8 Å². The zero-order valence-corrected chi connectivity index (χ0v) is 14.4. The number of ether oxygens (including phenoxy) is 3. The van der Waals surface area contributed by atoms with Gasteiger partial charge in [0.15, 0.2) is 17.6 Å². The van der Waals surface area contributed by atoms with E-state index in [0.717, 1.165) is 11.5 Å². The molecule has 0 amide bonds. The van der Waals surface area contributed by atoms with Crippen LogP contribution in [0.25, 0.3) is 0 Å². The molecule has 0 saturated carbocycles. The van der Waals surface area contributed by atoms with E-state index in [4.69, 9.17) is 14.2 Å². The van der Waals surface area contributed by atoms with Gasteiger partial charge in [0.25, 0.3) is 0 Å².